The van der Waals surface area contributed by atoms with Crippen LogP contribution in [0.5, 0.6) is 0 Å². The van der Waals surface area contributed by atoms with Crippen molar-refractivity contribution in [3.05, 3.63) is 28.0 Å². The molecule has 5 heteroatoms. The maximum Gasteiger partial charge on any atom is 0.222 e. The zero-order chi connectivity index (χ0) is 9.97. The van der Waals surface area contributed by atoms with E-state index in [9.17, 15) is 0 Å². The molecule has 0 fully saturated rings. The van der Waals surface area contributed by atoms with Crippen LogP contribution in [-0.4, -0.2) is 17.0 Å². The highest BCUT2D eigenvalue weighted by molar-refractivity contribution is 7.14. The summed E-state index contributed by atoms with van der Waals surface area (Å²) < 4.78 is 0.768. The molecule has 0 saturated carbocycles. The van der Waals surface area contributed by atoms with Crippen LogP contribution in [0.4, 0.5) is 5.95 Å². The molecule has 2 aromatic heterocycles. The highest BCUT2D eigenvalue weighted by atomic mass is 35.5. The molecular formula is C9H8ClN3S. The third-order valence-corrected chi connectivity index (χ3v) is 2.83. The van der Waals surface area contributed by atoms with Crippen molar-refractivity contribution in [2.45, 2.75) is 0 Å². The van der Waals surface area contributed by atoms with Crippen LogP contribution in [0, 0.1) is 0 Å². The molecule has 1 N–H and O–H groups in total. The second kappa shape index (κ2) is 3.94. The summed E-state index contributed by atoms with van der Waals surface area (Å²) in [6, 6.07) is 3.76. The Balaban J connectivity index is 2.41. The second-order valence-corrected chi connectivity index (χ2v) is 4.20. The van der Waals surface area contributed by atoms with Gasteiger partial charge >= 0.3 is 0 Å². The average molecular weight is 226 g/mol. The summed E-state index contributed by atoms with van der Waals surface area (Å²) in [6.07, 6.45) is 1.72. The fraction of sp³-hybridized carbons (Fsp3) is 0.111. The van der Waals surface area contributed by atoms with Crippen molar-refractivity contribution < 1.29 is 0 Å². The number of anilines is 1. The summed E-state index contributed by atoms with van der Waals surface area (Å²) in [5.41, 5.74) is 1.91. The van der Waals surface area contributed by atoms with Crippen molar-refractivity contribution in [2.24, 2.45) is 0 Å². The minimum absolute atomic E-state index is 0.616. The highest BCUT2D eigenvalue weighted by Gasteiger charge is 2.03. The van der Waals surface area contributed by atoms with Gasteiger partial charge in [0.2, 0.25) is 5.95 Å². The van der Waals surface area contributed by atoms with Crippen molar-refractivity contribution in [1.29, 1.82) is 0 Å². The van der Waals surface area contributed by atoms with Gasteiger partial charge in [-0.1, -0.05) is 11.6 Å². The lowest BCUT2D eigenvalue weighted by atomic mass is 10.2. The van der Waals surface area contributed by atoms with Crippen molar-refractivity contribution >= 4 is 28.9 Å². The Morgan fingerprint density at radius 1 is 1.50 bits per heavy atom. The molecule has 72 valence electrons. The fourth-order valence-corrected chi connectivity index (χ4v) is 1.96. The van der Waals surface area contributed by atoms with E-state index in [2.05, 4.69) is 15.3 Å². The number of hydrogen-bond donors (Lipinski definition) is 1. The molecular weight excluding hydrogens is 218 g/mol. The Morgan fingerprint density at radius 3 is 3.00 bits per heavy atom. The molecule has 14 heavy (non-hydrogen) atoms. The Hall–Kier alpha value is -1.13. The Kier molecular flexibility index (Phi) is 2.65. The first kappa shape index (κ1) is 9.43. The first-order valence-corrected chi connectivity index (χ1v) is 5.30. The first-order valence-electron chi connectivity index (χ1n) is 4.05. The van der Waals surface area contributed by atoms with E-state index in [-0.39, 0.29) is 0 Å². The van der Waals surface area contributed by atoms with E-state index < -0.39 is 0 Å². The van der Waals surface area contributed by atoms with Crippen LogP contribution in [0.2, 0.25) is 4.34 Å². The summed E-state index contributed by atoms with van der Waals surface area (Å²) in [5.74, 6) is 0.616. The molecule has 0 amide bonds. The van der Waals surface area contributed by atoms with Crippen LogP contribution in [-0.2, 0) is 0 Å². The minimum Gasteiger partial charge on any atom is -0.357 e. The molecule has 0 aliphatic carbocycles. The lowest BCUT2D eigenvalue weighted by Crippen LogP contribution is -1.95. The van der Waals surface area contributed by atoms with Gasteiger partial charge in [0.1, 0.15) is 0 Å². The zero-order valence-corrected chi connectivity index (χ0v) is 9.06. The molecule has 0 aliphatic rings. The van der Waals surface area contributed by atoms with Crippen molar-refractivity contribution in [3.63, 3.8) is 0 Å². The van der Waals surface area contributed by atoms with E-state index in [0.717, 1.165) is 15.6 Å². The molecule has 0 bridgehead atoms. The van der Waals surface area contributed by atoms with E-state index in [0.29, 0.717) is 5.95 Å². The highest BCUT2D eigenvalue weighted by Crippen LogP contribution is 2.27. The predicted octanol–water partition coefficient (Wildman–Crippen LogP) is 2.90. The van der Waals surface area contributed by atoms with Gasteiger partial charge in [-0.2, -0.15) is 0 Å². The number of nitrogens with zero attached hydrogens (tertiary/aromatic N) is 2. The quantitative estimate of drug-likeness (QED) is 0.854. The number of nitrogens with one attached hydrogen (secondary N) is 1. The van der Waals surface area contributed by atoms with Gasteiger partial charge in [0.15, 0.2) is 0 Å². The summed E-state index contributed by atoms with van der Waals surface area (Å²) in [7, 11) is 1.79. The standard InChI is InChI=1S/C9H8ClN3S/c1-11-9-12-3-2-7(13-9)6-4-8(10)14-5-6/h2-5H,1H3,(H,11,12,13). The smallest absolute Gasteiger partial charge is 0.222 e. The van der Waals surface area contributed by atoms with Gasteiger partial charge in [-0.25, -0.2) is 9.97 Å². The van der Waals surface area contributed by atoms with E-state index in [1.54, 1.807) is 13.2 Å². The number of halogens is 1. The van der Waals surface area contributed by atoms with Crippen LogP contribution < -0.4 is 5.32 Å². The average Bonchev–Trinajstić information content (AvgIpc) is 2.65. The minimum atomic E-state index is 0.616. The normalized spacial score (nSPS) is 10.1. The number of aromatic nitrogens is 2. The van der Waals surface area contributed by atoms with Crippen LogP contribution in [0.1, 0.15) is 0 Å². The lowest BCUT2D eigenvalue weighted by molar-refractivity contribution is 1.16. The van der Waals surface area contributed by atoms with Crippen LogP contribution >= 0.6 is 22.9 Å². The number of thiophene rings is 1. The van der Waals surface area contributed by atoms with E-state index in [1.807, 2.05) is 17.5 Å². The maximum absolute atomic E-state index is 5.84. The predicted molar refractivity (Wildman–Crippen MR) is 59.9 cm³/mol. The van der Waals surface area contributed by atoms with Gasteiger partial charge in [0.05, 0.1) is 10.0 Å². The van der Waals surface area contributed by atoms with Gasteiger partial charge in [-0.15, -0.1) is 11.3 Å². The molecule has 0 atom stereocenters. The third kappa shape index (κ3) is 1.86. The molecule has 0 aromatic carbocycles. The van der Waals surface area contributed by atoms with Gasteiger partial charge in [0, 0.05) is 24.2 Å². The van der Waals surface area contributed by atoms with Gasteiger partial charge in [-0.3, -0.25) is 0 Å². The van der Waals surface area contributed by atoms with Crippen LogP contribution in [0.25, 0.3) is 11.3 Å². The molecule has 0 saturated heterocycles. The molecule has 0 aliphatic heterocycles. The summed E-state index contributed by atoms with van der Waals surface area (Å²) in [5, 5.41) is 4.87. The molecule has 2 aromatic rings. The summed E-state index contributed by atoms with van der Waals surface area (Å²) in [6.45, 7) is 0. The number of rotatable bonds is 2. The van der Waals surface area contributed by atoms with Crippen LogP contribution in [0.3, 0.4) is 0 Å². The second-order valence-electron chi connectivity index (χ2n) is 2.65. The van der Waals surface area contributed by atoms with Crippen molar-refractivity contribution in [1.82, 2.24) is 9.97 Å². The van der Waals surface area contributed by atoms with Crippen molar-refractivity contribution in [3.8, 4) is 11.3 Å². The van der Waals surface area contributed by atoms with Crippen LogP contribution in [0.15, 0.2) is 23.7 Å². The van der Waals surface area contributed by atoms with E-state index in [1.165, 1.54) is 11.3 Å². The van der Waals surface area contributed by atoms with E-state index in [4.69, 9.17) is 11.6 Å². The third-order valence-electron chi connectivity index (χ3n) is 1.74. The van der Waals surface area contributed by atoms with E-state index >= 15 is 0 Å². The zero-order valence-electron chi connectivity index (χ0n) is 7.49. The van der Waals surface area contributed by atoms with Gasteiger partial charge in [-0.05, 0) is 12.1 Å². The van der Waals surface area contributed by atoms with Crippen molar-refractivity contribution in [2.75, 3.05) is 12.4 Å². The fourth-order valence-electron chi connectivity index (χ4n) is 1.08. The molecule has 2 rings (SSSR count). The van der Waals surface area contributed by atoms with Gasteiger partial charge < -0.3 is 5.32 Å². The number of hydrogen-bond acceptors (Lipinski definition) is 4. The summed E-state index contributed by atoms with van der Waals surface area (Å²) >= 11 is 7.34. The molecule has 2 heterocycles. The largest absolute Gasteiger partial charge is 0.357 e. The molecule has 0 radical (unpaired) electrons. The molecule has 0 unspecified atom stereocenters. The lowest BCUT2D eigenvalue weighted by Gasteiger charge is -1.99. The summed E-state index contributed by atoms with van der Waals surface area (Å²) in [4.78, 5) is 8.34. The first-order chi connectivity index (χ1) is 6.79. The SMILES string of the molecule is CNc1nccc(-c2csc(Cl)c2)n1. The molecule has 0 spiro atoms. The Labute approximate surface area is 90.8 Å². The Morgan fingerprint density at radius 2 is 2.36 bits per heavy atom. The maximum atomic E-state index is 5.84. The van der Waals surface area contributed by atoms with Gasteiger partial charge in [0.25, 0.3) is 0 Å². The molecule has 3 nitrogen and oxygen atoms in total. The Bertz CT molecular complexity index is 441. The monoisotopic (exact) mass is 225 g/mol. The topological polar surface area (TPSA) is 37.8 Å².